The highest BCUT2D eigenvalue weighted by Crippen LogP contribution is 2.28. The molecule has 0 heterocycles. The number of hydrogen-bond donors (Lipinski definition) is 2. The Bertz CT molecular complexity index is 626. The lowest BCUT2D eigenvalue weighted by Gasteiger charge is -2.23. The van der Waals surface area contributed by atoms with E-state index in [0.717, 1.165) is 23.4 Å². The number of nitrogens with one attached hydrogen (secondary N) is 1. The number of hydrogen-bond acceptors (Lipinski definition) is 3. The average Bonchev–Trinajstić information content (AvgIpc) is 2.62. The Balaban J connectivity index is 2.10. The molecule has 0 bridgehead atoms. The maximum Gasteiger partial charge on any atom is 0.232 e. The molecule has 2 atom stereocenters. The number of carbonyl (C=O) groups excluding carboxylic acids is 1. The Morgan fingerprint density at radius 2 is 1.79 bits per heavy atom. The fraction of sp³-hybridized carbons (Fsp3) is 0.350. The summed E-state index contributed by atoms with van der Waals surface area (Å²) >= 11 is 0. The van der Waals surface area contributed by atoms with Gasteiger partial charge in [0, 0.05) is 12.2 Å². The average molecular weight is 326 g/mol. The Morgan fingerprint density at radius 3 is 2.38 bits per heavy atom. The van der Waals surface area contributed by atoms with E-state index in [9.17, 15) is 4.79 Å². The van der Waals surface area contributed by atoms with Crippen LogP contribution in [-0.4, -0.2) is 19.1 Å². The van der Waals surface area contributed by atoms with Gasteiger partial charge in [0.2, 0.25) is 5.91 Å². The summed E-state index contributed by atoms with van der Waals surface area (Å²) in [6.45, 7) is 5.18. The number of carbonyl (C=O) groups is 1. The predicted octanol–water partition coefficient (Wildman–Crippen LogP) is 3.79. The van der Waals surface area contributed by atoms with Crippen LogP contribution in [0.25, 0.3) is 0 Å². The van der Waals surface area contributed by atoms with Crippen LogP contribution in [0, 0.1) is 5.92 Å². The minimum Gasteiger partial charge on any atom is -0.492 e. The first-order valence-electron chi connectivity index (χ1n) is 8.44. The van der Waals surface area contributed by atoms with Crippen molar-refractivity contribution in [2.24, 2.45) is 11.7 Å². The fourth-order valence-corrected chi connectivity index (χ4v) is 2.67. The zero-order valence-corrected chi connectivity index (χ0v) is 14.4. The Morgan fingerprint density at radius 1 is 1.12 bits per heavy atom. The normalized spacial score (nSPS) is 13.1. The summed E-state index contributed by atoms with van der Waals surface area (Å²) < 4.78 is 5.45. The molecule has 3 N–H and O–H groups in total. The first kappa shape index (κ1) is 18.0. The van der Waals surface area contributed by atoms with E-state index in [-0.39, 0.29) is 17.7 Å². The molecule has 2 rings (SSSR count). The molecule has 0 aliphatic rings. The second-order valence-electron chi connectivity index (χ2n) is 5.92. The highest BCUT2D eigenvalue weighted by molar-refractivity contribution is 5.96. The minimum atomic E-state index is -0.163. The van der Waals surface area contributed by atoms with Crippen molar-refractivity contribution in [2.45, 2.75) is 26.2 Å². The third-order valence-electron chi connectivity index (χ3n) is 4.16. The third kappa shape index (κ3) is 4.83. The van der Waals surface area contributed by atoms with Crippen LogP contribution in [0.1, 0.15) is 31.7 Å². The largest absolute Gasteiger partial charge is 0.492 e. The van der Waals surface area contributed by atoms with Crippen molar-refractivity contribution in [1.29, 1.82) is 0 Å². The Hall–Kier alpha value is -2.33. The van der Waals surface area contributed by atoms with Gasteiger partial charge in [-0.15, -0.1) is 0 Å². The van der Waals surface area contributed by atoms with E-state index in [2.05, 4.69) is 19.2 Å². The Kier molecular flexibility index (Phi) is 6.82. The molecular formula is C20H26N2O2. The highest BCUT2D eigenvalue weighted by Gasteiger charge is 2.25. The lowest BCUT2D eigenvalue weighted by atomic mass is 9.85. The number of ether oxygens (including phenoxy) is 1. The summed E-state index contributed by atoms with van der Waals surface area (Å²) in [5.74, 6) is 0.870. The van der Waals surface area contributed by atoms with Crippen LogP contribution in [0.3, 0.4) is 0 Å². The lowest BCUT2D eigenvalue weighted by molar-refractivity contribution is -0.118. The lowest BCUT2D eigenvalue weighted by Crippen LogP contribution is -2.26. The molecule has 0 saturated heterocycles. The monoisotopic (exact) mass is 326 g/mol. The van der Waals surface area contributed by atoms with Crippen molar-refractivity contribution in [3.05, 3.63) is 60.2 Å². The van der Waals surface area contributed by atoms with Crippen LogP contribution in [0.15, 0.2) is 54.6 Å². The van der Waals surface area contributed by atoms with Crippen molar-refractivity contribution < 1.29 is 9.53 Å². The summed E-state index contributed by atoms with van der Waals surface area (Å²) in [5.41, 5.74) is 7.24. The molecule has 0 aromatic heterocycles. The van der Waals surface area contributed by atoms with Crippen LogP contribution in [0.2, 0.25) is 0 Å². The number of anilines is 1. The van der Waals surface area contributed by atoms with Crippen molar-refractivity contribution >= 4 is 11.6 Å². The van der Waals surface area contributed by atoms with Gasteiger partial charge in [-0.05, 0) is 35.7 Å². The molecule has 0 spiro atoms. The first-order valence-corrected chi connectivity index (χ1v) is 8.44. The van der Waals surface area contributed by atoms with E-state index in [1.807, 2.05) is 54.6 Å². The van der Waals surface area contributed by atoms with Gasteiger partial charge in [-0.25, -0.2) is 0 Å². The zero-order chi connectivity index (χ0) is 17.4. The summed E-state index contributed by atoms with van der Waals surface area (Å²) in [6, 6.07) is 17.3. The molecule has 0 aliphatic heterocycles. The molecule has 0 radical (unpaired) electrons. The van der Waals surface area contributed by atoms with E-state index in [1.165, 1.54) is 0 Å². The van der Waals surface area contributed by atoms with Gasteiger partial charge >= 0.3 is 0 Å². The number of amides is 1. The smallest absolute Gasteiger partial charge is 0.232 e. The third-order valence-corrected chi connectivity index (χ3v) is 4.16. The first-order chi connectivity index (χ1) is 11.7. The van der Waals surface area contributed by atoms with E-state index in [1.54, 1.807) is 0 Å². The van der Waals surface area contributed by atoms with Crippen LogP contribution in [-0.2, 0) is 4.79 Å². The van der Waals surface area contributed by atoms with Gasteiger partial charge in [-0.1, -0.05) is 50.6 Å². The molecule has 1 amide bonds. The topological polar surface area (TPSA) is 64.3 Å². The van der Waals surface area contributed by atoms with Crippen LogP contribution < -0.4 is 15.8 Å². The second kappa shape index (κ2) is 9.08. The second-order valence-corrected chi connectivity index (χ2v) is 5.92. The van der Waals surface area contributed by atoms with Gasteiger partial charge in [0.05, 0.1) is 5.92 Å². The molecule has 2 aromatic carbocycles. The highest BCUT2D eigenvalue weighted by atomic mass is 16.5. The quantitative estimate of drug-likeness (QED) is 0.775. The van der Waals surface area contributed by atoms with Crippen LogP contribution in [0.4, 0.5) is 5.69 Å². The summed E-state index contributed by atoms with van der Waals surface area (Å²) in [4.78, 5) is 12.8. The summed E-state index contributed by atoms with van der Waals surface area (Å²) in [6.07, 6.45) is 0.943. The van der Waals surface area contributed by atoms with Crippen LogP contribution in [0.5, 0.6) is 5.75 Å². The van der Waals surface area contributed by atoms with E-state index in [4.69, 9.17) is 10.5 Å². The molecule has 2 aromatic rings. The maximum atomic E-state index is 12.8. The van der Waals surface area contributed by atoms with Crippen molar-refractivity contribution in [3.8, 4) is 5.75 Å². The van der Waals surface area contributed by atoms with Crippen LogP contribution >= 0.6 is 0 Å². The van der Waals surface area contributed by atoms with Gasteiger partial charge in [0.15, 0.2) is 0 Å². The SMILES string of the molecule is CCC(C)C(C(=O)Nc1ccc(OCCN)cc1)c1ccccc1. The number of benzene rings is 2. The maximum absolute atomic E-state index is 12.8. The van der Waals surface area contributed by atoms with E-state index in [0.29, 0.717) is 13.2 Å². The van der Waals surface area contributed by atoms with Crippen molar-refractivity contribution in [2.75, 3.05) is 18.5 Å². The molecule has 128 valence electrons. The number of rotatable bonds is 8. The zero-order valence-electron chi connectivity index (χ0n) is 14.4. The standard InChI is InChI=1S/C20H26N2O2/c1-3-15(2)19(16-7-5-4-6-8-16)20(23)22-17-9-11-18(12-10-17)24-14-13-21/h4-12,15,19H,3,13-14,21H2,1-2H3,(H,22,23). The van der Waals surface area contributed by atoms with Gasteiger partial charge in [0.1, 0.15) is 12.4 Å². The van der Waals surface area contributed by atoms with E-state index < -0.39 is 0 Å². The summed E-state index contributed by atoms with van der Waals surface area (Å²) in [7, 11) is 0. The van der Waals surface area contributed by atoms with Crippen molar-refractivity contribution in [3.63, 3.8) is 0 Å². The van der Waals surface area contributed by atoms with Crippen molar-refractivity contribution in [1.82, 2.24) is 0 Å². The van der Waals surface area contributed by atoms with E-state index >= 15 is 0 Å². The fourth-order valence-electron chi connectivity index (χ4n) is 2.67. The van der Waals surface area contributed by atoms with Gasteiger partial charge in [0.25, 0.3) is 0 Å². The Labute approximate surface area is 144 Å². The van der Waals surface area contributed by atoms with Gasteiger partial charge in [-0.3, -0.25) is 4.79 Å². The molecule has 0 saturated carbocycles. The molecular weight excluding hydrogens is 300 g/mol. The molecule has 0 aliphatic carbocycles. The molecule has 2 unspecified atom stereocenters. The van der Waals surface area contributed by atoms with Gasteiger partial charge in [-0.2, -0.15) is 0 Å². The molecule has 0 fully saturated rings. The number of nitrogens with two attached hydrogens (primary N) is 1. The molecule has 24 heavy (non-hydrogen) atoms. The van der Waals surface area contributed by atoms with Gasteiger partial charge < -0.3 is 15.8 Å². The predicted molar refractivity (Wildman–Crippen MR) is 98.3 cm³/mol. The molecule has 4 heteroatoms. The summed E-state index contributed by atoms with van der Waals surface area (Å²) in [5, 5.41) is 3.02. The molecule has 4 nitrogen and oxygen atoms in total. The minimum absolute atomic E-state index is 0.0196.